The van der Waals surface area contributed by atoms with Crippen molar-refractivity contribution in [1.82, 2.24) is 4.90 Å². The molecule has 1 amide bonds. The molecule has 1 aromatic heterocycles. The molecule has 1 N–H and O–H groups in total. The quantitative estimate of drug-likeness (QED) is 0.683. The van der Waals surface area contributed by atoms with Gasteiger partial charge in [-0.3, -0.25) is 9.69 Å². The zero-order chi connectivity index (χ0) is 15.3. The number of carbonyl (C=O) groups excluding carboxylic acids is 1. The van der Waals surface area contributed by atoms with Gasteiger partial charge >= 0.3 is 5.97 Å². The number of amides is 1. The van der Waals surface area contributed by atoms with Gasteiger partial charge in [-0.2, -0.15) is 0 Å². The van der Waals surface area contributed by atoms with Gasteiger partial charge in [0.05, 0.1) is 11.2 Å². The Hall–Kier alpha value is -1.60. The van der Waals surface area contributed by atoms with Crippen molar-refractivity contribution in [3.63, 3.8) is 0 Å². The van der Waals surface area contributed by atoms with E-state index in [1.165, 1.54) is 0 Å². The van der Waals surface area contributed by atoms with Crippen LogP contribution in [0.4, 0.5) is 0 Å². The number of thioether (sulfide) groups is 1. The Morgan fingerprint density at radius 3 is 2.55 bits per heavy atom. The first-order valence-electron chi connectivity index (χ1n) is 5.85. The summed E-state index contributed by atoms with van der Waals surface area (Å²) in [6.07, 6.45) is 1.99. The van der Waals surface area contributed by atoms with E-state index in [0.717, 1.165) is 22.4 Å². The van der Waals surface area contributed by atoms with Crippen LogP contribution in [0.15, 0.2) is 34.3 Å². The number of hydrogen-bond acceptors (Lipinski definition) is 5. The average molecular weight is 313 g/mol. The SMILES string of the molecule is C=C1SC(=S)N(C(CC)C(=O)O)C1=O.Cc1ccco1. The van der Waals surface area contributed by atoms with E-state index in [4.69, 9.17) is 21.7 Å². The van der Waals surface area contributed by atoms with Crippen molar-refractivity contribution in [2.45, 2.75) is 26.3 Å². The van der Waals surface area contributed by atoms with Gasteiger partial charge in [0.2, 0.25) is 0 Å². The molecular formula is C13H15NO4S2. The first-order valence-corrected chi connectivity index (χ1v) is 7.08. The fourth-order valence-electron chi connectivity index (χ4n) is 1.51. The van der Waals surface area contributed by atoms with Gasteiger partial charge in [-0.15, -0.1) is 0 Å². The maximum atomic E-state index is 11.5. The number of thiocarbonyl (C=S) groups is 1. The number of carboxylic acids is 1. The molecule has 20 heavy (non-hydrogen) atoms. The van der Waals surface area contributed by atoms with E-state index in [2.05, 4.69) is 6.58 Å². The Bertz CT molecular complexity index is 524. The molecule has 1 atom stereocenters. The maximum Gasteiger partial charge on any atom is 0.326 e. The highest BCUT2D eigenvalue weighted by Crippen LogP contribution is 2.31. The van der Waals surface area contributed by atoms with Crippen LogP contribution in [0.2, 0.25) is 0 Å². The predicted octanol–water partition coefficient (Wildman–Crippen LogP) is 2.81. The lowest BCUT2D eigenvalue weighted by Gasteiger charge is -2.21. The number of carboxylic acid groups (broad SMARTS) is 1. The van der Waals surface area contributed by atoms with E-state index in [1.807, 2.05) is 19.1 Å². The third-order valence-corrected chi connectivity index (χ3v) is 3.75. The van der Waals surface area contributed by atoms with Crippen molar-refractivity contribution in [2.75, 3.05) is 0 Å². The Kier molecular flexibility index (Phi) is 5.97. The minimum atomic E-state index is -1.04. The minimum absolute atomic E-state index is 0.272. The van der Waals surface area contributed by atoms with Crippen molar-refractivity contribution in [2.24, 2.45) is 0 Å². The molecule has 2 heterocycles. The molecule has 1 aliphatic rings. The van der Waals surface area contributed by atoms with Gasteiger partial charge in [0.25, 0.3) is 5.91 Å². The fourth-order valence-corrected chi connectivity index (χ4v) is 2.73. The molecule has 1 aromatic rings. The van der Waals surface area contributed by atoms with Crippen LogP contribution >= 0.6 is 24.0 Å². The van der Waals surface area contributed by atoms with Gasteiger partial charge in [0.1, 0.15) is 16.1 Å². The van der Waals surface area contributed by atoms with Crippen molar-refractivity contribution in [3.05, 3.63) is 35.6 Å². The normalized spacial score (nSPS) is 15.9. The predicted molar refractivity (Wildman–Crippen MR) is 81.3 cm³/mol. The van der Waals surface area contributed by atoms with Gasteiger partial charge in [0.15, 0.2) is 0 Å². The lowest BCUT2D eigenvalue weighted by atomic mass is 10.2. The fraction of sp³-hybridized carbons (Fsp3) is 0.308. The van der Waals surface area contributed by atoms with Crippen LogP contribution < -0.4 is 0 Å². The molecule has 1 saturated heterocycles. The Morgan fingerprint density at radius 1 is 1.65 bits per heavy atom. The lowest BCUT2D eigenvalue weighted by molar-refractivity contribution is -0.145. The summed E-state index contributed by atoms with van der Waals surface area (Å²) in [4.78, 5) is 23.7. The summed E-state index contributed by atoms with van der Waals surface area (Å²) in [5, 5.41) is 8.86. The molecule has 0 saturated carbocycles. The molecule has 1 unspecified atom stereocenters. The molecular weight excluding hydrogens is 298 g/mol. The van der Waals surface area contributed by atoms with Crippen LogP contribution in [0, 0.1) is 6.92 Å². The summed E-state index contributed by atoms with van der Waals surface area (Å²) < 4.78 is 5.11. The second kappa shape index (κ2) is 7.25. The zero-order valence-electron chi connectivity index (χ0n) is 11.2. The number of rotatable bonds is 3. The minimum Gasteiger partial charge on any atom is -0.480 e. The summed E-state index contributed by atoms with van der Waals surface area (Å²) in [7, 11) is 0. The van der Waals surface area contributed by atoms with Gasteiger partial charge in [0, 0.05) is 0 Å². The number of carbonyl (C=O) groups is 2. The van der Waals surface area contributed by atoms with Crippen molar-refractivity contribution in [1.29, 1.82) is 0 Å². The molecule has 1 aliphatic heterocycles. The van der Waals surface area contributed by atoms with Crippen molar-refractivity contribution < 1.29 is 19.1 Å². The number of nitrogens with zero attached hydrogens (tertiary/aromatic N) is 1. The second-order valence-corrected chi connectivity index (χ2v) is 5.68. The molecule has 0 spiro atoms. The molecule has 5 nitrogen and oxygen atoms in total. The third kappa shape index (κ3) is 3.94. The second-order valence-electron chi connectivity index (χ2n) is 3.95. The van der Waals surface area contributed by atoms with E-state index in [0.29, 0.717) is 6.42 Å². The summed E-state index contributed by atoms with van der Waals surface area (Å²) in [5.41, 5.74) is 0. The smallest absolute Gasteiger partial charge is 0.326 e. The average Bonchev–Trinajstić information content (AvgIpc) is 2.93. The number of furan rings is 1. The molecule has 0 aromatic carbocycles. The number of hydrogen-bond donors (Lipinski definition) is 1. The highest BCUT2D eigenvalue weighted by atomic mass is 32.2. The van der Waals surface area contributed by atoms with Crippen LogP contribution in [-0.2, 0) is 9.59 Å². The Balaban J connectivity index is 0.000000276. The molecule has 2 rings (SSSR count). The number of aryl methyl sites for hydroxylation is 1. The highest BCUT2D eigenvalue weighted by molar-refractivity contribution is 8.26. The van der Waals surface area contributed by atoms with Crippen LogP contribution in [0.5, 0.6) is 0 Å². The number of aliphatic carboxylic acids is 1. The largest absolute Gasteiger partial charge is 0.480 e. The molecule has 0 bridgehead atoms. The summed E-state index contributed by atoms with van der Waals surface area (Å²) in [6.45, 7) is 7.11. The van der Waals surface area contributed by atoms with E-state index in [1.54, 1.807) is 13.2 Å². The highest BCUT2D eigenvalue weighted by Gasteiger charge is 2.38. The molecule has 108 valence electrons. The van der Waals surface area contributed by atoms with Gasteiger partial charge in [-0.25, -0.2) is 4.79 Å². The summed E-state index contributed by atoms with van der Waals surface area (Å²) in [6, 6.07) is 2.91. The first-order chi connectivity index (χ1) is 9.38. The molecule has 0 aliphatic carbocycles. The van der Waals surface area contributed by atoms with Crippen molar-refractivity contribution in [3.8, 4) is 0 Å². The monoisotopic (exact) mass is 313 g/mol. The van der Waals surface area contributed by atoms with Crippen LogP contribution in [-0.4, -0.2) is 32.2 Å². The zero-order valence-corrected chi connectivity index (χ0v) is 12.8. The van der Waals surface area contributed by atoms with Crippen LogP contribution in [0.1, 0.15) is 19.1 Å². The molecule has 0 radical (unpaired) electrons. The topological polar surface area (TPSA) is 70.8 Å². The van der Waals surface area contributed by atoms with Gasteiger partial charge < -0.3 is 9.52 Å². The Labute approximate surface area is 126 Å². The summed E-state index contributed by atoms with van der Waals surface area (Å²) in [5.74, 6) is -0.470. The van der Waals surface area contributed by atoms with Crippen molar-refractivity contribution >= 4 is 40.2 Å². The van der Waals surface area contributed by atoms with E-state index in [9.17, 15) is 9.59 Å². The van der Waals surface area contributed by atoms with E-state index >= 15 is 0 Å². The molecule has 7 heteroatoms. The third-order valence-electron chi connectivity index (χ3n) is 2.51. The lowest BCUT2D eigenvalue weighted by Crippen LogP contribution is -2.43. The van der Waals surface area contributed by atoms with E-state index in [-0.39, 0.29) is 9.23 Å². The standard InChI is InChI=1S/C8H9NO3S2.C5H6O/c1-3-5(7(11)12)9-6(10)4(2)14-8(9)13;1-5-3-2-4-6-5/h5H,2-3H2,1H3,(H,11,12);2-4H,1H3. The van der Waals surface area contributed by atoms with Crippen LogP contribution in [0.25, 0.3) is 0 Å². The Morgan fingerprint density at radius 2 is 2.30 bits per heavy atom. The first kappa shape index (κ1) is 16.5. The van der Waals surface area contributed by atoms with Gasteiger partial charge in [-0.1, -0.05) is 37.5 Å². The van der Waals surface area contributed by atoms with Gasteiger partial charge in [-0.05, 0) is 25.5 Å². The summed E-state index contributed by atoms with van der Waals surface area (Å²) >= 11 is 5.95. The maximum absolute atomic E-state index is 11.5. The van der Waals surface area contributed by atoms with Crippen LogP contribution in [0.3, 0.4) is 0 Å². The molecule has 1 fully saturated rings. The van der Waals surface area contributed by atoms with E-state index < -0.39 is 17.9 Å².